The lowest BCUT2D eigenvalue weighted by molar-refractivity contribution is 0.0933. The number of hydrogen-bond acceptors (Lipinski definition) is 4. The van der Waals surface area contributed by atoms with Gasteiger partial charge in [0, 0.05) is 25.7 Å². The SMILES string of the molecule is CC(CCc1ccco1)NC(=O)c1nn(C)cc1N. The Morgan fingerprint density at radius 1 is 1.63 bits per heavy atom. The number of carbonyl (C=O) groups excluding carboxylic acids is 1. The smallest absolute Gasteiger partial charge is 0.274 e. The number of nitrogens with one attached hydrogen (secondary N) is 1. The molecule has 6 nitrogen and oxygen atoms in total. The Hall–Kier alpha value is -2.24. The zero-order valence-electron chi connectivity index (χ0n) is 11.1. The van der Waals surface area contributed by atoms with Gasteiger partial charge in [-0.2, -0.15) is 5.10 Å². The van der Waals surface area contributed by atoms with Gasteiger partial charge in [-0.05, 0) is 25.5 Å². The van der Waals surface area contributed by atoms with Crippen molar-refractivity contribution >= 4 is 11.6 Å². The Balaban J connectivity index is 1.86. The number of rotatable bonds is 5. The van der Waals surface area contributed by atoms with E-state index in [-0.39, 0.29) is 17.6 Å². The van der Waals surface area contributed by atoms with Gasteiger partial charge in [0.05, 0.1) is 12.0 Å². The van der Waals surface area contributed by atoms with Crippen molar-refractivity contribution in [3.8, 4) is 0 Å². The molecule has 0 radical (unpaired) electrons. The minimum absolute atomic E-state index is 0.0269. The van der Waals surface area contributed by atoms with E-state index in [0.717, 1.165) is 18.6 Å². The lowest BCUT2D eigenvalue weighted by Gasteiger charge is -2.12. The van der Waals surface area contributed by atoms with Gasteiger partial charge in [-0.1, -0.05) is 0 Å². The molecule has 0 saturated carbocycles. The molecule has 2 rings (SSSR count). The average molecular weight is 262 g/mol. The number of nitrogens with two attached hydrogens (primary N) is 1. The molecule has 2 aromatic heterocycles. The summed E-state index contributed by atoms with van der Waals surface area (Å²) in [4.78, 5) is 12.0. The summed E-state index contributed by atoms with van der Waals surface area (Å²) in [7, 11) is 1.73. The first-order valence-electron chi connectivity index (χ1n) is 6.18. The summed E-state index contributed by atoms with van der Waals surface area (Å²) in [6.07, 6.45) is 4.84. The molecule has 1 atom stereocenters. The molecular weight excluding hydrogens is 244 g/mol. The summed E-state index contributed by atoms with van der Waals surface area (Å²) in [5, 5.41) is 6.91. The second-order valence-electron chi connectivity index (χ2n) is 4.60. The van der Waals surface area contributed by atoms with E-state index in [9.17, 15) is 4.79 Å². The van der Waals surface area contributed by atoms with Gasteiger partial charge in [0.2, 0.25) is 0 Å². The topological polar surface area (TPSA) is 86.1 Å². The molecular formula is C13H18N4O2. The van der Waals surface area contributed by atoms with Crippen LogP contribution in [0, 0.1) is 0 Å². The van der Waals surface area contributed by atoms with E-state index in [1.807, 2.05) is 19.1 Å². The first kappa shape index (κ1) is 13.2. The van der Waals surface area contributed by atoms with E-state index in [2.05, 4.69) is 10.4 Å². The van der Waals surface area contributed by atoms with Crippen LogP contribution in [0.15, 0.2) is 29.0 Å². The van der Waals surface area contributed by atoms with E-state index < -0.39 is 0 Å². The van der Waals surface area contributed by atoms with Crippen LogP contribution in [0.5, 0.6) is 0 Å². The number of carbonyl (C=O) groups is 1. The van der Waals surface area contributed by atoms with Gasteiger partial charge in [-0.15, -0.1) is 0 Å². The molecule has 0 fully saturated rings. The fraction of sp³-hybridized carbons (Fsp3) is 0.385. The molecule has 0 saturated heterocycles. The van der Waals surface area contributed by atoms with E-state index in [0.29, 0.717) is 5.69 Å². The maximum Gasteiger partial charge on any atom is 0.274 e. The summed E-state index contributed by atoms with van der Waals surface area (Å²) < 4.78 is 6.77. The molecule has 1 unspecified atom stereocenters. The number of nitrogens with zero attached hydrogens (tertiary/aromatic N) is 2. The quantitative estimate of drug-likeness (QED) is 0.851. The van der Waals surface area contributed by atoms with Crippen molar-refractivity contribution in [2.45, 2.75) is 25.8 Å². The molecule has 0 aliphatic carbocycles. The van der Waals surface area contributed by atoms with Gasteiger partial charge >= 0.3 is 0 Å². The van der Waals surface area contributed by atoms with Gasteiger partial charge in [0.25, 0.3) is 5.91 Å². The normalized spacial score (nSPS) is 12.3. The van der Waals surface area contributed by atoms with Gasteiger partial charge < -0.3 is 15.5 Å². The highest BCUT2D eigenvalue weighted by atomic mass is 16.3. The molecule has 0 bridgehead atoms. The molecule has 1 amide bonds. The minimum Gasteiger partial charge on any atom is -0.469 e. The third-order valence-electron chi connectivity index (χ3n) is 2.85. The van der Waals surface area contributed by atoms with E-state index >= 15 is 0 Å². The Morgan fingerprint density at radius 2 is 2.42 bits per heavy atom. The molecule has 3 N–H and O–H groups in total. The van der Waals surface area contributed by atoms with Gasteiger partial charge in [-0.3, -0.25) is 9.48 Å². The van der Waals surface area contributed by atoms with E-state index in [1.165, 1.54) is 4.68 Å². The first-order valence-corrected chi connectivity index (χ1v) is 6.18. The van der Waals surface area contributed by atoms with Gasteiger partial charge in [-0.25, -0.2) is 0 Å². The van der Waals surface area contributed by atoms with Crippen molar-refractivity contribution < 1.29 is 9.21 Å². The lowest BCUT2D eigenvalue weighted by Crippen LogP contribution is -2.33. The van der Waals surface area contributed by atoms with Gasteiger partial charge in [0.15, 0.2) is 5.69 Å². The molecule has 0 aliphatic rings. The third kappa shape index (κ3) is 3.37. The van der Waals surface area contributed by atoms with Crippen LogP contribution < -0.4 is 11.1 Å². The zero-order chi connectivity index (χ0) is 13.8. The number of nitrogen functional groups attached to an aromatic ring is 1. The van der Waals surface area contributed by atoms with Gasteiger partial charge in [0.1, 0.15) is 5.76 Å². The molecule has 0 aliphatic heterocycles. The first-order chi connectivity index (χ1) is 9.06. The summed E-state index contributed by atoms with van der Waals surface area (Å²) in [6.45, 7) is 1.94. The summed E-state index contributed by atoms with van der Waals surface area (Å²) >= 11 is 0. The van der Waals surface area contributed by atoms with Crippen LogP contribution in [0.2, 0.25) is 0 Å². The number of furan rings is 1. The van der Waals surface area contributed by atoms with Crippen molar-refractivity contribution in [2.24, 2.45) is 7.05 Å². The number of aromatic nitrogens is 2. The van der Waals surface area contributed by atoms with Crippen LogP contribution in [0.4, 0.5) is 5.69 Å². The zero-order valence-corrected chi connectivity index (χ0v) is 11.1. The van der Waals surface area contributed by atoms with Crippen LogP contribution in [0.1, 0.15) is 29.6 Å². The van der Waals surface area contributed by atoms with Crippen molar-refractivity contribution in [3.63, 3.8) is 0 Å². The predicted molar refractivity (Wildman–Crippen MR) is 71.6 cm³/mol. The van der Waals surface area contributed by atoms with Crippen molar-refractivity contribution in [1.29, 1.82) is 0 Å². The summed E-state index contributed by atoms with van der Waals surface area (Å²) in [5.74, 6) is 0.670. The molecule has 19 heavy (non-hydrogen) atoms. The highest BCUT2D eigenvalue weighted by molar-refractivity contribution is 5.97. The number of anilines is 1. The predicted octanol–water partition coefficient (Wildman–Crippen LogP) is 1.35. The Labute approximate surface area is 111 Å². The third-order valence-corrected chi connectivity index (χ3v) is 2.85. The maximum absolute atomic E-state index is 12.0. The number of hydrogen-bond donors (Lipinski definition) is 2. The van der Waals surface area contributed by atoms with Crippen molar-refractivity contribution in [1.82, 2.24) is 15.1 Å². The second-order valence-corrected chi connectivity index (χ2v) is 4.60. The van der Waals surface area contributed by atoms with E-state index in [1.54, 1.807) is 19.5 Å². The molecule has 2 aromatic rings. The molecule has 102 valence electrons. The van der Waals surface area contributed by atoms with Crippen molar-refractivity contribution in [2.75, 3.05) is 5.73 Å². The fourth-order valence-electron chi connectivity index (χ4n) is 1.86. The number of amides is 1. The fourth-order valence-corrected chi connectivity index (χ4v) is 1.86. The lowest BCUT2D eigenvalue weighted by atomic mass is 10.1. The minimum atomic E-state index is -0.245. The maximum atomic E-state index is 12.0. The highest BCUT2D eigenvalue weighted by Crippen LogP contribution is 2.09. The Morgan fingerprint density at radius 3 is 3.00 bits per heavy atom. The van der Waals surface area contributed by atoms with Crippen LogP contribution in [0.3, 0.4) is 0 Å². The number of aryl methyl sites for hydroxylation is 2. The Bertz CT molecular complexity index is 545. The largest absolute Gasteiger partial charge is 0.469 e. The molecule has 2 heterocycles. The standard InChI is InChI=1S/C13H18N4O2/c1-9(5-6-10-4-3-7-19-10)15-13(18)12-11(14)8-17(2)16-12/h3-4,7-9H,5-6,14H2,1-2H3,(H,15,18). The van der Waals surface area contributed by atoms with E-state index in [4.69, 9.17) is 10.2 Å². The monoisotopic (exact) mass is 262 g/mol. The van der Waals surface area contributed by atoms with Crippen LogP contribution in [-0.4, -0.2) is 21.7 Å². The van der Waals surface area contributed by atoms with Crippen LogP contribution in [0.25, 0.3) is 0 Å². The summed E-state index contributed by atoms with van der Waals surface area (Å²) in [5.41, 5.74) is 6.37. The second kappa shape index (κ2) is 5.60. The molecule has 0 aromatic carbocycles. The summed E-state index contributed by atoms with van der Waals surface area (Å²) in [6, 6.07) is 3.80. The molecule has 0 spiro atoms. The van der Waals surface area contributed by atoms with Crippen LogP contribution >= 0.6 is 0 Å². The average Bonchev–Trinajstić information content (AvgIpc) is 2.96. The molecule has 6 heteroatoms. The van der Waals surface area contributed by atoms with Crippen LogP contribution in [-0.2, 0) is 13.5 Å². The van der Waals surface area contributed by atoms with Crippen molar-refractivity contribution in [3.05, 3.63) is 36.0 Å². The Kier molecular flexibility index (Phi) is 3.89. The highest BCUT2D eigenvalue weighted by Gasteiger charge is 2.16.